The van der Waals surface area contributed by atoms with Gasteiger partial charge in [0.2, 0.25) is 0 Å². The number of urea groups is 1. The fourth-order valence-corrected chi connectivity index (χ4v) is 2.14. The molecule has 0 spiro atoms. The van der Waals surface area contributed by atoms with Crippen LogP contribution in [0.2, 0.25) is 0 Å². The Labute approximate surface area is 111 Å². The average molecular weight is 269 g/mol. The molecule has 1 atom stereocenters. The van der Waals surface area contributed by atoms with Crippen molar-refractivity contribution in [3.63, 3.8) is 0 Å². The van der Waals surface area contributed by atoms with E-state index in [4.69, 9.17) is 4.84 Å². The molecule has 0 aromatic rings. The third kappa shape index (κ3) is 2.56. The van der Waals surface area contributed by atoms with Gasteiger partial charge in [0.05, 0.1) is 6.61 Å². The van der Waals surface area contributed by atoms with Gasteiger partial charge in [0, 0.05) is 6.54 Å². The normalized spacial score (nSPS) is 27.7. The van der Waals surface area contributed by atoms with Crippen molar-refractivity contribution in [3.8, 4) is 0 Å². The molecule has 2 fully saturated rings. The van der Waals surface area contributed by atoms with Crippen molar-refractivity contribution < 1.29 is 19.2 Å². The summed E-state index contributed by atoms with van der Waals surface area (Å²) in [6.45, 7) is 4.22. The zero-order valence-electron chi connectivity index (χ0n) is 11.3. The highest BCUT2D eigenvalue weighted by Gasteiger charge is 2.47. The van der Waals surface area contributed by atoms with Gasteiger partial charge in [0.1, 0.15) is 12.1 Å². The molecule has 2 rings (SSSR count). The van der Waals surface area contributed by atoms with E-state index in [0.717, 1.165) is 17.7 Å². The van der Waals surface area contributed by atoms with Gasteiger partial charge in [-0.25, -0.2) is 9.86 Å². The SMILES string of the molecule is CCC1(C)NC(=O)N(CC(=O)N2CCCCO2)C1=O. The smallest absolute Gasteiger partial charge is 0.323 e. The van der Waals surface area contributed by atoms with E-state index in [1.54, 1.807) is 6.92 Å². The number of nitrogens with one attached hydrogen (secondary N) is 1. The first-order valence-electron chi connectivity index (χ1n) is 6.55. The highest BCUT2D eigenvalue weighted by molar-refractivity contribution is 6.08. The molecular weight excluding hydrogens is 250 g/mol. The fourth-order valence-electron chi connectivity index (χ4n) is 2.14. The first kappa shape index (κ1) is 13.8. The van der Waals surface area contributed by atoms with Crippen LogP contribution in [-0.2, 0) is 14.4 Å². The number of hydrogen-bond donors (Lipinski definition) is 1. The first-order valence-corrected chi connectivity index (χ1v) is 6.55. The van der Waals surface area contributed by atoms with E-state index in [9.17, 15) is 14.4 Å². The van der Waals surface area contributed by atoms with Gasteiger partial charge >= 0.3 is 6.03 Å². The van der Waals surface area contributed by atoms with Crippen LogP contribution < -0.4 is 5.32 Å². The number of hydroxylamine groups is 2. The molecule has 0 aliphatic carbocycles. The second-order valence-electron chi connectivity index (χ2n) is 5.04. The molecule has 2 aliphatic heterocycles. The summed E-state index contributed by atoms with van der Waals surface area (Å²) >= 11 is 0. The van der Waals surface area contributed by atoms with E-state index < -0.39 is 11.6 Å². The summed E-state index contributed by atoms with van der Waals surface area (Å²) in [6.07, 6.45) is 2.28. The van der Waals surface area contributed by atoms with E-state index >= 15 is 0 Å². The van der Waals surface area contributed by atoms with Crippen molar-refractivity contribution in [3.05, 3.63) is 0 Å². The van der Waals surface area contributed by atoms with Crippen LogP contribution in [0.15, 0.2) is 0 Å². The molecule has 2 heterocycles. The summed E-state index contributed by atoms with van der Waals surface area (Å²) in [5.41, 5.74) is -0.903. The van der Waals surface area contributed by atoms with Crippen molar-refractivity contribution in [2.24, 2.45) is 0 Å². The summed E-state index contributed by atoms with van der Waals surface area (Å²) in [7, 11) is 0. The highest BCUT2D eigenvalue weighted by Crippen LogP contribution is 2.21. The summed E-state index contributed by atoms with van der Waals surface area (Å²) in [4.78, 5) is 42.0. The van der Waals surface area contributed by atoms with Crippen LogP contribution in [0.25, 0.3) is 0 Å². The minimum absolute atomic E-state index is 0.264. The molecule has 0 saturated carbocycles. The van der Waals surface area contributed by atoms with Gasteiger partial charge < -0.3 is 5.32 Å². The minimum atomic E-state index is -0.903. The predicted molar refractivity (Wildman–Crippen MR) is 65.8 cm³/mol. The van der Waals surface area contributed by atoms with Crippen LogP contribution in [-0.4, -0.2) is 53.0 Å². The first-order chi connectivity index (χ1) is 8.98. The summed E-state index contributed by atoms with van der Waals surface area (Å²) in [6, 6.07) is -0.514. The van der Waals surface area contributed by atoms with Crippen LogP contribution in [0, 0.1) is 0 Å². The molecule has 7 nitrogen and oxygen atoms in total. The fraction of sp³-hybridized carbons (Fsp3) is 0.750. The lowest BCUT2D eigenvalue weighted by Gasteiger charge is -2.27. The number of carbonyl (C=O) groups is 3. The Morgan fingerprint density at radius 1 is 1.42 bits per heavy atom. The van der Waals surface area contributed by atoms with Crippen molar-refractivity contribution in [2.75, 3.05) is 19.7 Å². The molecule has 1 N–H and O–H groups in total. The molecule has 7 heteroatoms. The number of rotatable bonds is 3. The number of imide groups is 1. The Morgan fingerprint density at radius 2 is 2.16 bits per heavy atom. The van der Waals surface area contributed by atoms with Crippen LogP contribution in [0.5, 0.6) is 0 Å². The van der Waals surface area contributed by atoms with E-state index in [2.05, 4.69) is 5.32 Å². The summed E-state index contributed by atoms with van der Waals surface area (Å²) < 4.78 is 0. The molecule has 0 radical (unpaired) electrons. The molecular formula is C12H19N3O4. The van der Waals surface area contributed by atoms with Crippen LogP contribution >= 0.6 is 0 Å². The number of amides is 4. The molecule has 0 aromatic carbocycles. The lowest BCUT2D eigenvalue weighted by atomic mass is 9.99. The Balaban J connectivity index is 2.00. The quantitative estimate of drug-likeness (QED) is 0.745. The zero-order valence-corrected chi connectivity index (χ0v) is 11.3. The molecule has 1 unspecified atom stereocenters. The van der Waals surface area contributed by atoms with Gasteiger partial charge in [0.15, 0.2) is 0 Å². The number of hydrogen-bond acceptors (Lipinski definition) is 4. The molecule has 2 aliphatic rings. The molecule has 0 bridgehead atoms. The maximum Gasteiger partial charge on any atom is 0.325 e. The zero-order chi connectivity index (χ0) is 14.0. The van der Waals surface area contributed by atoms with E-state index in [0.29, 0.717) is 19.6 Å². The second kappa shape index (κ2) is 5.16. The van der Waals surface area contributed by atoms with Crippen molar-refractivity contribution in [1.29, 1.82) is 0 Å². The summed E-state index contributed by atoms with van der Waals surface area (Å²) in [5.74, 6) is -0.714. The minimum Gasteiger partial charge on any atom is -0.323 e. The van der Waals surface area contributed by atoms with Crippen molar-refractivity contribution >= 4 is 17.8 Å². The topological polar surface area (TPSA) is 79.0 Å². The van der Waals surface area contributed by atoms with Gasteiger partial charge in [-0.05, 0) is 26.2 Å². The van der Waals surface area contributed by atoms with Gasteiger partial charge in [-0.15, -0.1) is 0 Å². The van der Waals surface area contributed by atoms with Crippen LogP contribution in [0.1, 0.15) is 33.1 Å². The molecule has 0 aromatic heterocycles. The lowest BCUT2D eigenvalue weighted by Crippen LogP contribution is -2.46. The largest absolute Gasteiger partial charge is 0.325 e. The van der Waals surface area contributed by atoms with Gasteiger partial charge in [-0.3, -0.25) is 19.3 Å². The van der Waals surface area contributed by atoms with E-state index in [1.807, 2.05) is 6.92 Å². The third-order valence-corrected chi connectivity index (χ3v) is 3.63. The number of carbonyl (C=O) groups excluding carboxylic acids is 3. The van der Waals surface area contributed by atoms with Crippen molar-refractivity contribution in [2.45, 2.75) is 38.6 Å². The Hall–Kier alpha value is -1.63. The van der Waals surface area contributed by atoms with E-state index in [1.165, 1.54) is 5.06 Å². The molecule has 2 saturated heterocycles. The van der Waals surface area contributed by atoms with Crippen LogP contribution in [0.4, 0.5) is 4.79 Å². The monoisotopic (exact) mass is 269 g/mol. The highest BCUT2D eigenvalue weighted by atomic mass is 16.7. The van der Waals surface area contributed by atoms with Crippen molar-refractivity contribution in [1.82, 2.24) is 15.3 Å². The third-order valence-electron chi connectivity index (χ3n) is 3.63. The number of nitrogens with zero attached hydrogens (tertiary/aromatic N) is 2. The molecule has 4 amide bonds. The average Bonchev–Trinajstić information content (AvgIpc) is 2.64. The predicted octanol–water partition coefficient (Wildman–Crippen LogP) is 0.261. The van der Waals surface area contributed by atoms with E-state index in [-0.39, 0.29) is 18.4 Å². The second-order valence-corrected chi connectivity index (χ2v) is 5.04. The molecule has 106 valence electrons. The summed E-state index contributed by atoms with van der Waals surface area (Å²) in [5, 5.41) is 3.86. The van der Waals surface area contributed by atoms with Gasteiger partial charge in [0.25, 0.3) is 11.8 Å². The maximum absolute atomic E-state index is 12.1. The lowest BCUT2D eigenvalue weighted by molar-refractivity contribution is -0.197. The Morgan fingerprint density at radius 3 is 2.68 bits per heavy atom. The van der Waals surface area contributed by atoms with Crippen LogP contribution in [0.3, 0.4) is 0 Å². The Bertz CT molecular complexity index is 406. The van der Waals surface area contributed by atoms with Gasteiger partial charge in [-0.2, -0.15) is 0 Å². The Kier molecular flexibility index (Phi) is 3.75. The standard InChI is InChI=1S/C12H19N3O4/c1-3-12(2)10(17)14(11(18)13-12)8-9(16)15-6-4-5-7-19-15/h3-8H2,1-2H3,(H,13,18). The van der Waals surface area contributed by atoms with Gasteiger partial charge in [-0.1, -0.05) is 6.92 Å². The maximum atomic E-state index is 12.1. The molecule has 19 heavy (non-hydrogen) atoms.